The van der Waals surface area contributed by atoms with Gasteiger partial charge in [-0.2, -0.15) is 0 Å². The van der Waals surface area contributed by atoms with E-state index in [4.69, 9.17) is 28.9 Å². The first kappa shape index (κ1) is 43.7. The van der Waals surface area contributed by atoms with Gasteiger partial charge >= 0.3 is 12.2 Å². The first-order chi connectivity index (χ1) is 30.3. The summed E-state index contributed by atoms with van der Waals surface area (Å²) < 4.78 is 21.7. The molecule has 8 atom stereocenters. The zero-order chi connectivity index (χ0) is 44.7. The standard InChI is InChI=1S/C48H59N7O8/c1-9-25(4)41(54-48(59)62-8)43(56)34-16-27(22-60-6)17-35(34)44-50-36-14-12-28-19-33-31-13-11-29(18-30(31)23-63-39(33)20-32(28)42(36)52-44)37-21-49-45(51-37)38-15-10-26(5)55(38)46(57)40(24(2)3)53-47(58)61-7/h11-14,18-21,24-27,34-35,38,40-41H,9-10,15-17,22-23H2,1-8H3,(H,49,51)(H,50,52)(H,53,58)(H,54,59)/t25-,26-,27+,34?,35+,38-,40-,41-/m0/s1. The molecule has 8 rings (SSSR count). The van der Waals surface area contributed by atoms with E-state index in [9.17, 15) is 19.2 Å². The van der Waals surface area contributed by atoms with Crippen LogP contribution in [0.25, 0.3) is 44.2 Å². The normalized spacial score (nSPS) is 22.0. The molecule has 334 valence electrons. The first-order valence-corrected chi connectivity index (χ1v) is 22.1. The van der Waals surface area contributed by atoms with Crippen LogP contribution in [0.4, 0.5) is 9.59 Å². The lowest BCUT2D eigenvalue weighted by atomic mass is 9.83. The number of aromatic nitrogens is 4. The Labute approximate surface area is 367 Å². The van der Waals surface area contributed by atoms with Crippen molar-refractivity contribution in [2.45, 2.75) is 103 Å². The van der Waals surface area contributed by atoms with Crippen LogP contribution in [0, 0.1) is 23.7 Å². The molecule has 1 saturated heterocycles. The minimum Gasteiger partial charge on any atom is -0.488 e. The van der Waals surface area contributed by atoms with Gasteiger partial charge in [0.2, 0.25) is 5.91 Å². The van der Waals surface area contributed by atoms with Crippen LogP contribution in [0.5, 0.6) is 5.75 Å². The van der Waals surface area contributed by atoms with E-state index in [1.165, 1.54) is 14.2 Å². The highest BCUT2D eigenvalue weighted by atomic mass is 16.5. The smallest absolute Gasteiger partial charge is 0.407 e. The number of H-pyrrole nitrogens is 2. The molecule has 1 saturated carbocycles. The number of rotatable bonds is 13. The Morgan fingerprint density at radius 3 is 2.38 bits per heavy atom. The number of fused-ring (bicyclic) bond motifs is 6. The topological polar surface area (TPSA) is 190 Å². The molecule has 3 aliphatic rings. The molecule has 4 N–H and O–H groups in total. The lowest BCUT2D eigenvalue weighted by molar-refractivity contribution is -0.137. The molecule has 3 aromatic carbocycles. The third-order valence-corrected chi connectivity index (χ3v) is 13.7. The summed E-state index contributed by atoms with van der Waals surface area (Å²) in [5, 5.41) is 7.55. The SMILES string of the molecule is CC[C@H](C)[C@H](NC(=O)OC)C(=O)C1C[C@@H](COC)C[C@H]1c1nc2ccc3cc4c(cc3c2[nH]1)OCc1cc(-c2cnc([C@@H]3CC[C@H](C)N3C(=O)[C@@H](NC(=O)OC)C(C)C)[nH]2)ccc1-4. The number of ketones is 1. The zero-order valence-electron chi connectivity index (χ0n) is 37.4. The van der Waals surface area contributed by atoms with Crippen LogP contribution in [-0.2, 0) is 30.4 Å². The number of carbonyl (C=O) groups excluding carboxylic acids is 4. The van der Waals surface area contributed by atoms with Gasteiger partial charge < -0.3 is 44.4 Å². The fourth-order valence-corrected chi connectivity index (χ4v) is 10.1. The number of methoxy groups -OCH3 is 3. The van der Waals surface area contributed by atoms with E-state index < -0.39 is 24.3 Å². The number of likely N-dealkylation sites (tertiary alicyclic amines) is 1. The summed E-state index contributed by atoms with van der Waals surface area (Å²) in [4.78, 5) is 71.5. The third kappa shape index (κ3) is 8.34. The van der Waals surface area contributed by atoms with Crippen LogP contribution < -0.4 is 15.4 Å². The summed E-state index contributed by atoms with van der Waals surface area (Å²) in [6.45, 7) is 10.7. The third-order valence-electron chi connectivity index (χ3n) is 13.7. The van der Waals surface area contributed by atoms with Crippen LogP contribution >= 0.6 is 0 Å². The Hall–Kier alpha value is -5.96. The largest absolute Gasteiger partial charge is 0.488 e. The molecule has 1 aliphatic carbocycles. The second kappa shape index (κ2) is 18.0. The van der Waals surface area contributed by atoms with Crippen molar-refractivity contribution in [3.8, 4) is 28.1 Å². The minimum atomic E-state index is -0.721. The fraction of sp³-hybridized carbons (Fsp3) is 0.500. The van der Waals surface area contributed by atoms with E-state index in [1.54, 1.807) is 7.11 Å². The van der Waals surface area contributed by atoms with Gasteiger partial charge in [-0.3, -0.25) is 9.59 Å². The molecule has 63 heavy (non-hydrogen) atoms. The van der Waals surface area contributed by atoms with Crippen molar-refractivity contribution < 1.29 is 38.1 Å². The van der Waals surface area contributed by atoms with E-state index in [2.05, 4.69) is 57.0 Å². The van der Waals surface area contributed by atoms with Crippen LogP contribution in [0.2, 0.25) is 0 Å². The van der Waals surface area contributed by atoms with Gasteiger partial charge in [-0.1, -0.05) is 52.3 Å². The monoisotopic (exact) mass is 861 g/mol. The number of imidazole rings is 2. The van der Waals surface area contributed by atoms with Crippen molar-refractivity contribution in [3.63, 3.8) is 0 Å². The highest BCUT2D eigenvalue weighted by Crippen LogP contribution is 2.46. The van der Waals surface area contributed by atoms with Gasteiger partial charge in [-0.15, -0.1) is 0 Å². The van der Waals surface area contributed by atoms with Gasteiger partial charge in [0.15, 0.2) is 5.78 Å². The summed E-state index contributed by atoms with van der Waals surface area (Å²) >= 11 is 0. The summed E-state index contributed by atoms with van der Waals surface area (Å²) in [6, 6.07) is 13.0. The van der Waals surface area contributed by atoms with Crippen molar-refractivity contribution in [1.82, 2.24) is 35.5 Å². The number of nitrogens with one attached hydrogen (secondary N) is 4. The Morgan fingerprint density at radius 2 is 1.67 bits per heavy atom. The molecule has 15 nitrogen and oxygen atoms in total. The quantitative estimate of drug-likeness (QED) is 0.0898. The molecular formula is C48H59N7O8. The summed E-state index contributed by atoms with van der Waals surface area (Å²) in [5.41, 5.74) is 6.60. The van der Waals surface area contributed by atoms with E-state index in [1.807, 2.05) is 51.8 Å². The molecule has 15 heteroatoms. The second-order valence-corrected chi connectivity index (χ2v) is 17.9. The molecule has 0 radical (unpaired) electrons. The Bertz CT molecular complexity index is 2530. The van der Waals surface area contributed by atoms with E-state index in [0.717, 1.165) is 87.0 Å². The molecule has 0 spiro atoms. The number of aromatic amines is 2. The van der Waals surface area contributed by atoms with E-state index >= 15 is 0 Å². The molecule has 1 unspecified atom stereocenters. The van der Waals surface area contributed by atoms with Crippen LogP contribution in [0.15, 0.2) is 48.7 Å². The Balaban J connectivity index is 1.05. The van der Waals surface area contributed by atoms with Gasteiger partial charge in [0.25, 0.3) is 0 Å². The maximum absolute atomic E-state index is 14.3. The fourth-order valence-electron chi connectivity index (χ4n) is 10.1. The van der Waals surface area contributed by atoms with Gasteiger partial charge in [0, 0.05) is 42.5 Å². The highest BCUT2D eigenvalue weighted by Gasteiger charge is 2.45. The number of alkyl carbamates (subject to hydrolysis) is 2. The van der Waals surface area contributed by atoms with Crippen molar-refractivity contribution in [1.29, 1.82) is 0 Å². The van der Waals surface area contributed by atoms with Crippen LogP contribution in [0.1, 0.15) is 95.9 Å². The average Bonchev–Trinajstić information content (AvgIpc) is 4.11. The van der Waals surface area contributed by atoms with Crippen LogP contribution in [0.3, 0.4) is 0 Å². The van der Waals surface area contributed by atoms with E-state index in [-0.39, 0.29) is 53.4 Å². The Morgan fingerprint density at radius 1 is 0.905 bits per heavy atom. The van der Waals surface area contributed by atoms with Crippen LogP contribution in [-0.4, -0.2) is 94.8 Å². The summed E-state index contributed by atoms with van der Waals surface area (Å²) in [7, 11) is 4.29. The van der Waals surface area contributed by atoms with Gasteiger partial charge in [0.05, 0.1) is 49.2 Å². The first-order valence-electron chi connectivity index (χ1n) is 22.1. The highest BCUT2D eigenvalue weighted by molar-refractivity contribution is 6.07. The molecular weight excluding hydrogens is 803 g/mol. The van der Waals surface area contributed by atoms with Crippen molar-refractivity contribution in [3.05, 3.63) is 65.9 Å². The number of nitrogens with zero attached hydrogens (tertiary/aromatic N) is 3. The number of benzene rings is 3. The lowest BCUT2D eigenvalue weighted by Crippen LogP contribution is -2.52. The number of Topliss-reactive ketones (excluding diaryl/α,β-unsaturated/α-hetero) is 1. The lowest BCUT2D eigenvalue weighted by Gasteiger charge is -2.32. The second-order valence-electron chi connectivity index (χ2n) is 17.9. The Kier molecular flexibility index (Phi) is 12.5. The average molecular weight is 862 g/mol. The molecule has 2 aliphatic heterocycles. The predicted molar refractivity (Wildman–Crippen MR) is 238 cm³/mol. The number of hydrogen-bond donors (Lipinski definition) is 4. The predicted octanol–water partition coefficient (Wildman–Crippen LogP) is 8.19. The van der Waals surface area contributed by atoms with Crippen molar-refractivity contribution in [2.24, 2.45) is 23.7 Å². The molecule has 0 bridgehead atoms. The minimum absolute atomic E-state index is 0.00542. The summed E-state index contributed by atoms with van der Waals surface area (Å²) in [5.74, 6) is 1.51. The molecule has 5 aromatic rings. The molecule has 2 aromatic heterocycles. The molecule has 4 heterocycles. The van der Waals surface area contributed by atoms with Crippen molar-refractivity contribution in [2.75, 3.05) is 27.9 Å². The zero-order valence-corrected chi connectivity index (χ0v) is 37.4. The number of ether oxygens (including phenoxy) is 4. The number of hydrogen-bond acceptors (Lipinski definition) is 10. The van der Waals surface area contributed by atoms with E-state index in [0.29, 0.717) is 25.5 Å². The number of amides is 3. The molecule has 3 amide bonds. The maximum Gasteiger partial charge on any atom is 0.407 e. The van der Waals surface area contributed by atoms with Gasteiger partial charge in [-0.25, -0.2) is 19.6 Å². The number of carbonyl (C=O) groups is 4. The summed E-state index contributed by atoms with van der Waals surface area (Å²) in [6.07, 6.45) is 4.24. The van der Waals surface area contributed by atoms with Crippen molar-refractivity contribution >= 4 is 45.7 Å². The molecule has 2 fully saturated rings. The maximum atomic E-state index is 14.3. The van der Waals surface area contributed by atoms with Gasteiger partial charge in [-0.05, 0) is 96.7 Å². The van der Waals surface area contributed by atoms with Gasteiger partial charge in [0.1, 0.15) is 30.0 Å².